The fourth-order valence-corrected chi connectivity index (χ4v) is 4.20. The van der Waals surface area contributed by atoms with E-state index in [-0.39, 0.29) is 6.04 Å². The molecule has 4 rings (SSSR count). The van der Waals surface area contributed by atoms with Gasteiger partial charge >= 0.3 is 0 Å². The molecule has 2 unspecified atom stereocenters. The highest BCUT2D eigenvalue weighted by Crippen LogP contribution is 2.39. The average Bonchev–Trinajstić information content (AvgIpc) is 2.76. The molecule has 0 aromatic heterocycles. The van der Waals surface area contributed by atoms with Gasteiger partial charge in [0.15, 0.2) is 0 Å². The maximum atomic E-state index is 11.6. The molecule has 2 aliphatic heterocycles. The van der Waals surface area contributed by atoms with Crippen molar-refractivity contribution < 1.29 is 4.79 Å². The number of carbonyl (C=O) groups excluding carboxylic acids is 1. The van der Waals surface area contributed by atoms with Gasteiger partial charge in [0.25, 0.3) is 0 Å². The van der Waals surface area contributed by atoms with Gasteiger partial charge in [0.2, 0.25) is 0 Å². The van der Waals surface area contributed by atoms with Crippen molar-refractivity contribution in [1.29, 1.82) is 0 Å². The van der Waals surface area contributed by atoms with Crippen molar-refractivity contribution in [3.05, 3.63) is 28.2 Å². The third-order valence-corrected chi connectivity index (χ3v) is 5.58. The van der Waals surface area contributed by atoms with Crippen LogP contribution in [0.1, 0.15) is 18.4 Å². The van der Waals surface area contributed by atoms with Crippen LogP contribution in [-0.4, -0.2) is 42.4 Å². The summed E-state index contributed by atoms with van der Waals surface area (Å²) in [5, 5.41) is 0. The zero-order valence-electron chi connectivity index (χ0n) is 10.8. The molecule has 1 aromatic rings. The Morgan fingerprint density at radius 1 is 1.26 bits per heavy atom. The van der Waals surface area contributed by atoms with Crippen LogP contribution >= 0.6 is 15.9 Å². The second-order valence-electron chi connectivity index (χ2n) is 5.80. The Labute approximate surface area is 121 Å². The lowest BCUT2D eigenvalue weighted by Gasteiger charge is -2.44. The van der Waals surface area contributed by atoms with Crippen LogP contribution in [0.2, 0.25) is 0 Å². The first-order chi connectivity index (χ1) is 9.24. The molecule has 2 atom stereocenters. The first-order valence-corrected chi connectivity index (χ1v) is 7.84. The molecule has 0 radical (unpaired) electrons. The molecule has 3 nitrogen and oxygen atoms in total. The van der Waals surface area contributed by atoms with Crippen molar-refractivity contribution in [2.45, 2.75) is 31.3 Å². The Kier molecular flexibility index (Phi) is 2.71. The van der Waals surface area contributed by atoms with Crippen LogP contribution in [0.5, 0.6) is 0 Å². The Morgan fingerprint density at radius 3 is 2.89 bits per heavy atom. The number of piperazine rings is 1. The molecule has 1 saturated carbocycles. The van der Waals surface area contributed by atoms with Crippen molar-refractivity contribution >= 4 is 27.4 Å². The fourth-order valence-electron chi connectivity index (χ4n) is 3.69. The molecular weight excluding hydrogens is 304 g/mol. The van der Waals surface area contributed by atoms with E-state index in [9.17, 15) is 4.79 Å². The summed E-state index contributed by atoms with van der Waals surface area (Å²) < 4.78 is 1.23. The van der Waals surface area contributed by atoms with E-state index in [2.05, 4.69) is 43.9 Å². The lowest BCUT2D eigenvalue weighted by atomic mass is 9.88. The van der Waals surface area contributed by atoms with Crippen LogP contribution in [0, 0.1) is 0 Å². The van der Waals surface area contributed by atoms with Gasteiger partial charge in [0.05, 0.1) is 6.04 Å². The van der Waals surface area contributed by atoms with Gasteiger partial charge in [-0.25, -0.2) is 0 Å². The topological polar surface area (TPSA) is 23.6 Å². The smallest absolute Gasteiger partial charge is 0.150 e. The minimum absolute atomic E-state index is 0.231. The number of halogens is 1. The number of hydrogen-bond acceptors (Lipinski definition) is 3. The largest absolute Gasteiger partial charge is 0.365 e. The highest BCUT2D eigenvalue weighted by Gasteiger charge is 2.40. The van der Waals surface area contributed by atoms with E-state index in [1.165, 1.54) is 15.7 Å². The molecule has 4 heteroatoms. The monoisotopic (exact) mass is 320 g/mol. The van der Waals surface area contributed by atoms with Crippen LogP contribution in [0.3, 0.4) is 0 Å². The van der Waals surface area contributed by atoms with Crippen LogP contribution in [0.15, 0.2) is 22.7 Å². The predicted molar refractivity (Wildman–Crippen MR) is 78.6 cm³/mol. The molecule has 1 aromatic carbocycles. The molecule has 0 amide bonds. The molecule has 0 spiro atoms. The summed E-state index contributed by atoms with van der Waals surface area (Å²) in [6.45, 7) is 3.12. The number of rotatable bonds is 1. The molecule has 0 N–H and O–H groups in total. The van der Waals surface area contributed by atoms with Crippen molar-refractivity contribution in [3.63, 3.8) is 0 Å². The number of ketones is 1. The minimum atomic E-state index is 0.231. The second kappa shape index (κ2) is 4.32. The van der Waals surface area contributed by atoms with Gasteiger partial charge in [0.1, 0.15) is 5.78 Å². The van der Waals surface area contributed by atoms with Gasteiger partial charge in [-0.1, -0.05) is 22.0 Å². The van der Waals surface area contributed by atoms with Gasteiger partial charge < -0.3 is 4.90 Å². The van der Waals surface area contributed by atoms with Crippen LogP contribution in [-0.2, 0) is 11.2 Å². The zero-order valence-corrected chi connectivity index (χ0v) is 12.4. The van der Waals surface area contributed by atoms with Gasteiger partial charge in [-0.3, -0.25) is 9.69 Å². The lowest BCUT2D eigenvalue weighted by Crippen LogP contribution is -2.59. The number of anilines is 1. The number of hydrogen-bond donors (Lipinski definition) is 0. The summed E-state index contributed by atoms with van der Waals surface area (Å²) in [5.41, 5.74) is 2.83. The highest BCUT2D eigenvalue weighted by atomic mass is 79.9. The molecule has 2 fully saturated rings. The molecule has 100 valence electrons. The standard InChI is InChI=1S/C15H17BrN2O/c16-12-2-1-3-13-11(12)8-10-9-17(6-7-18(10)13)14-4-5-15(14)19/h1-3,10,14H,4-9H2. The van der Waals surface area contributed by atoms with E-state index in [0.29, 0.717) is 11.8 Å². The first-order valence-electron chi connectivity index (χ1n) is 7.05. The molecule has 1 aliphatic carbocycles. The lowest BCUT2D eigenvalue weighted by molar-refractivity contribution is -0.131. The summed E-state index contributed by atoms with van der Waals surface area (Å²) in [6.07, 6.45) is 2.97. The molecule has 3 aliphatic rings. The van der Waals surface area contributed by atoms with E-state index in [1.54, 1.807) is 0 Å². The summed E-state index contributed by atoms with van der Waals surface area (Å²) in [7, 11) is 0. The third-order valence-electron chi connectivity index (χ3n) is 4.83. The number of carbonyl (C=O) groups is 1. The summed E-state index contributed by atoms with van der Waals surface area (Å²) >= 11 is 3.67. The Hall–Kier alpha value is -0.870. The second-order valence-corrected chi connectivity index (χ2v) is 6.66. The highest BCUT2D eigenvalue weighted by molar-refractivity contribution is 9.10. The quantitative estimate of drug-likeness (QED) is 0.792. The SMILES string of the molecule is O=C1CCC1N1CCN2c3cccc(Br)c3CC2C1. The Balaban J connectivity index is 1.56. The van der Waals surface area contributed by atoms with Crippen LogP contribution in [0.4, 0.5) is 5.69 Å². The minimum Gasteiger partial charge on any atom is -0.365 e. The molecule has 0 bridgehead atoms. The Morgan fingerprint density at radius 2 is 2.16 bits per heavy atom. The maximum Gasteiger partial charge on any atom is 0.150 e. The Bertz CT molecular complexity index is 545. The number of benzene rings is 1. The van der Waals surface area contributed by atoms with Gasteiger partial charge in [0, 0.05) is 42.3 Å². The van der Waals surface area contributed by atoms with Crippen molar-refractivity contribution in [1.82, 2.24) is 4.90 Å². The summed E-state index contributed by atoms with van der Waals surface area (Å²) in [5.74, 6) is 0.449. The summed E-state index contributed by atoms with van der Waals surface area (Å²) in [4.78, 5) is 16.6. The molecule has 2 heterocycles. The van der Waals surface area contributed by atoms with Crippen molar-refractivity contribution in [2.75, 3.05) is 24.5 Å². The zero-order chi connectivity index (χ0) is 13.0. The predicted octanol–water partition coefficient (Wildman–Crippen LogP) is 2.23. The van der Waals surface area contributed by atoms with Gasteiger partial charge in [-0.2, -0.15) is 0 Å². The van der Waals surface area contributed by atoms with E-state index in [4.69, 9.17) is 0 Å². The first kappa shape index (κ1) is 11.9. The van der Waals surface area contributed by atoms with Gasteiger partial charge in [-0.05, 0) is 30.5 Å². The van der Waals surface area contributed by atoms with Crippen molar-refractivity contribution in [2.24, 2.45) is 0 Å². The third kappa shape index (κ3) is 1.77. The summed E-state index contributed by atoms with van der Waals surface area (Å²) in [6, 6.07) is 7.26. The average molecular weight is 321 g/mol. The number of fused-ring (bicyclic) bond motifs is 3. The van der Waals surface area contributed by atoms with E-state index >= 15 is 0 Å². The van der Waals surface area contributed by atoms with E-state index in [1.807, 2.05) is 0 Å². The van der Waals surface area contributed by atoms with E-state index in [0.717, 1.165) is 38.9 Å². The van der Waals surface area contributed by atoms with Gasteiger partial charge in [-0.15, -0.1) is 0 Å². The molecule has 1 saturated heterocycles. The fraction of sp³-hybridized carbons (Fsp3) is 0.533. The van der Waals surface area contributed by atoms with Crippen LogP contribution in [0.25, 0.3) is 0 Å². The number of Topliss-reactive ketones (excluding diaryl/α,β-unsaturated/α-hetero) is 1. The molecular formula is C15H17BrN2O. The normalized spacial score (nSPS) is 29.9. The van der Waals surface area contributed by atoms with Crippen molar-refractivity contribution in [3.8, 4) is 0 Å². The number of nitrogens with zero attached hydrogens (tertiary/aromatic N) is 2. The van der Waals surface area contributed by atoms with E-state index < -0.39 is 0 Å². The van der Waals surface area contributed by atoms with Crippen LogP contribution < -0.4 is 4.90 Å². The maximum absolute atomic E-state index is 11.6. The molecule has 19 heavy (non-hydrogen) atoms.